The zero-order chi connectivity index (χ0) is 14.0. The molecular formula is C12H20O6. The quantitative estimate of drug-likeness (QED) is 0.480. The lowest BCUT2D eigenvalue weighted by molar-refractivity contribution is -0.148. The minimum atomic E-state index is -0.390. The maximum Gasteiger partial charge on any atom is 0.308 e. The summed E-state index contributed by atoms with van der Waals surface area (Å²) in [5.41, 5.74) is 0. The molecule has 0 saturated carbocycles. The first-order valence-corrected chi connectivity index (χ1v) is 5.76. The smallest absolute Gasteiger partial charge is 0.308 e. The highest BCUT2D eigenvalue weighted by Gasteiger charge is 2.20. The van der Waals surface area contributed by atoms with E-state index in [9.17, 15) is 14.4 Å². The molecule has 1 atom stereocenters. The summed E-state index contributed by atoms with van der Waals surface area (Å²) in [6, 6.07) is 0. The van der Waals surface area contributed by atoms with Crippen LogP contribution < -0.4 is 0 Å². The van der Waals surface area contributed by atoms with Crippen LogP contribution >= 0.6 is 0 Å². The lowest BCUT2D eigenvalue weighted by Gasteiger charge is -2.13. The van der Waals surface area contributed by atoms with Crippen LogP contribution in [0.3, 0.4) is 0 Å². The van der Waals surface area contributed by atoms with Gasteiger partial charge in [0.15, 0.2) is 0 Å². The van der Waals surface area contributed by atoms with Gasteiger partial charge < -0.3 is 14.2 Å². The average Bonchev–Trinajstić information content (AvgIpc) is 2.40. The first kappa shape index (κ1) is 16.4. The van der Waals surface area contributed by atoms with Crippen molar-refractivity contribution in [3.05, 3.63) is 0 Å². The van der Waals surface area contributed by atoms with Gasteiger partial charge in [-0.25, -0.2) is 0 Å². The van der Waals surface area contributed by atoms with Crippen molar-refractivity contribution in [3.8, 4) is 0 Å². The molecule has 0 radical (unpaired) electrons. The van der Waals surface area contributed by atoms with Gasteiger partial charge in [0.2, 0.25) is 0 Å². The van der Waals surface area contributed by atoms with E-state index in [1.807, 2.05) is 0 Å². The van der Waals surface area contributed by atoms with E-state index in [1.54, 1.807) is 0 Å². The molecule has 0 bridgehead atoms. The lowest BCUT2D eigenvalue weighted by atomic mass is 9.97. The summed E-state index contributed by atoms with van der Waals surface area (Å²) in [4.78, 5) is 33.4. The standard InChI is InChI=1S/C12H20O6/c1-16-10(13)6-4-5-9(12(15)18-3)7-8-11(14)17-2/h9H,4-8H2,1-3H3. The van der Waals surface area contributed by atoms with E-state index in [-0.39, 0.29) is 30.7 Å². The number of carbonyl (C=O) groups excluding carboxylic acids is 3. The third kappa shape index (κ3) is 6.88. The van der Waals surface area contributed by atoms with Gasteiger partial charge in [-0.3, -0.25) is 14.4 Å². The van der Waals surface area contributed by atoms with Crippen LogP contribution in [-0.2, 0) is 28.6 Å². The number of ether oxygens (including phenoxy) is 3. The van der Waals surface area contributed by atoms with Gasteiger partial charge >= 0.3 is 17.9 Å². The van der Waals surface area contributed by atoms with Gasteiger partial charge in [-0.1, -0.05) is 0 Å². The second-order valence-electron chi connectivity index (χ2n) is 3.80. The topological polar surface area (TPSA) is 78.9 Å². The minimum Gasteiger partial charge on any atom is -0.469 e. The Balaban J connectivity index is 4.11. The molecule has 0 saturated heterocycles. The normalized spacial score (nSPS) is 11.5. The van der Waals surface area contributed by atoms with Gasteiger partial charge in [0.25, 0.3) is 0 Å². The fourth-order valence-corrected chi connectivity index (χ4v) is 1.54. The van der Waals surface area contributed by atoms with E-state index in [4.69, 9.17) is 0 Å². The van der Waals surface area contributed by atoms with Crippen molar-refractivity contribution < 1.29 is 28.6 Å². The summed E-state index contributed by atoms with van der Waals surface area (Å²) in [6.45, 7) is 0. The highest BCUT2D eigenvalue weighted by molar-refractivity contribution is 5.74. The van der Waals surface area contributed by atoms with Crippen molar-refractivity contribution in [2.75, 3.05) is 21.3 Å². The Bertz CT molecular complexity index is 286. The van der Waals surface area contributed by atoms with Gasteiger partial charge in [-0.05, 0) is 19.3 Å². The van der Waals surface area contributed by atoms with Crippen molar-refractivity contribution >= 4 is 17.9 Å². The van der Waals surface area contributed by atoms with Gasteiger partial charge in [0, 0.05) is 12.8 Å². The number of hydrogen-bond donors (Lipinski definition) is 0. The molecule has 0 aromatic rings. The molecule has 0 aliphatic heterocycles. The Labute approximate surface area is 107 Å². The molecule has 0 N–H and O–H groups in total. The molecule has 0 heterocycles. The van der Waals surface area contributed by atoms with Crippen LogP contribution in [-0.4, -0.2) is 39.2 Å². The first-order chi connectivity index (χ1) is 8.54. The van der Waals surface area contributed by atoms with Crippen LogP contribution in [0, 0.1) is 5.92 Å². The molecule has 0 fully saturated rings. The second-order valence-corrected chi connectivity index (χ2v) is 3.80. The van der Waals surface area contributed by atoms with Crippen LogP contribution in [0.4, 0.5) is 0 Å². The summed E-state index contributed by atoms with van der Waals surface area (Å²) in [6.07, 6.45) is 1.78. The molecule has 0 aromatic heterocycles. The predicted molar refractivity (Wildman–Crippen MR) is 62.6 cm³/mol. The maximum atomic E-state index is 11.5. The number of hydrogen-bond acceptors (Lipinski definition) is 6. The van der Waals surface area contributed by atoms with Crippen molar-refractivity contribution in [1.82, 2.24) is 0 Å². The van der Waals surface area contributed by atoms with Crippen LogP contribution in [0.25, 0.3) is 0 Å². The molecule has 6 nitrogen and oxygen atoms in total. The highest BCUT2D eigenvalue weighted by atomic mass is 16.5. The first-order valence-electron chi connectivity index (χ1n) is 5.76. The molecule has 1 unspecified atom stereocenters. The fourth-order valence-electron chi connectivity index (χ4n) is 1.54. The van der Waals surface area contributed by atoms with Gasteiger partial charge in [0.05, 0.1) is 27.2 Å². The number of rotatable bonds is 8. The molecular weight excluding hydrogens is 240 g/mol. The number of esters is 3. The summed E-state index contributed by atoms with van der Waals surface area (Å²) in [5, 5.41) is 0. The summed E-state index contributed by atoms with van der Waals surface area (Å²) >= 11 is 0. The van der Waals surface area contributed by atoms with E-state index in [2.05, 4.69) is 14.2 Å². The van der Waals surface area contributed by atoms with Crippen LogP contribution in [0.1, 0.15) is 32.1 Å². The molecule has 0 amide bonds. The molecule has 104 valence electrons. The molecule has 0 aliphatic carbocycles. The summed E-state index contributed by atoms with van der Waals surface area (Å²) < 4.78 is 13.7. The molecule has 0 aromatic carbocycles. The lowest BCUT2D eigenvalue weighted by Crippen LogP contribution is -2.18. The highest BCUT2D eigenvalue weighted by Crippen LogP contribution is 2.17. The van der Waals surface area contributed by atoms with E-state index >= 15 is 0 Å². The fraction of sp³-hybridized carbons (Fsp3) is 0.750. The third-order valence-corrected chi connectivity index (χ3v) is 2.62. The van der Waals surface area contributed by atoms with Gasteiger partial charge in [0.1, 0.15) is 0 Å². The third-order valence-electron chi connectivity index (χ3n) is 2.62. The Morgan fingerprint density at radius 3 is 1.89 bits per heavy atom. The Kier molecular flexibility index (Phi) is 8.61. The van der Waals surface area contributed by atoms with E-state index in [0.29, 0.717) is 19.3 Å². The molecule has 0 aliphatic rings. The minimum absolute atomic E-state index is 0.161. The van der Waals surface area contributed by atoms with Crippen LogP contribution in [0.15, 0.2) is 0 Å². The van der Waals surface area contributed by atoms with Crippen LogP contribution in [0.5, 0.6) is 0 Å². The zero-order valence-corrected chi connectivity index (χ0v) is 11.1. The van der Waals surface area contributed by atoms with Crippen molar-refractivity contribution in [3.63, 3.8) is 0 Å². The molecule has 0 spiro atoms. The molecule has 18 heavy (non-hydrogen) atoms. The van der Waals surface area contributed by atoms with Gasteiger partial charge in [-0.2, -0.15) is 0 Å². The van der Waals surface area contributed by atoms with E-state index < -0.39 is 5.92 Å². The number of methoxy groups -OCH3 is 3. The van der Waals surface area contributed by atoms with E-state index in [0.717, 1.165) is 0 Å². The Morgan fingerprint density at radius 2 is 1.39 bits per heavy atom. The summed E-state index contributed by atoms with van der Waals surface area (Å²) in [7, 11) is 3.91. The van der Waals surface area contributed by atoms with E-state index in [1.165, 1.54) is 21.3 Å². The van der Waals surface area contributed by atoms with Crippen LogP contribution in [0.2, 0.25) is 0 Å². The molecule has 0 rings (SSSR count). The maximum absolute atomic E-state index is 11.5. The zero-order valence-electron chi connectivity index (χ0n) is 11.1. The van der Waals surface area contributed by atoms with Gasteiger partial charge in [-0.15, -0.1) is 0 Å². The predicted octanol–water partition coefficient (Wildman–Crippen LogP) is 1.07. The largest absolute Gasteiger partial charge is 0.469 e. The van der Waals surface area contributed by atoms with Crippen molar-refractivity contribution in [2.45, 2.75) is 32.1 Å². The Morgan fingerprint density at radius 1 is 0.833 bits per heavy atom. The van der Waals surface area contributed by atoms with Crippen molar-refractivity contribution in [2.24, 2.45) is 5.92 Å². The van der Waals surface area contributed by atoms with Crippen molar-refractivity contribution in [1.29, 1.82) is 0 Å². The Hall–Kier alpha value is -1.59. The SMILES string of the molecule is COC(=O)CCCC(CCC(=O)OC)C(=O)OC. The average molecular weight is 260 g/mol. The summed E-state index contributed by atoms with van der Waals surface area (Å²) in [5.74, 6) is -1.44. The molecule has 6 heteroatoms. The number of carbonyl (C=O) groups is 3. The second kappa shape index (κ2) is 9.44. The monoisotopic (exact) mass is 260 g/mol.